The van der Waals surface area contributed by atoms with E-state index in [2.05, 4.69) is 205 Å². The maximum Gasteiger partial charge on any atom is 0.0540 e. The van der Waals surface area contributed by atoms with E-state index >= 15 is 0 Å². The van der Waals surface area contributed by atoms with Crippen LogP contribution in [-0.2, 0) is 0 Å². The van der Waals surface area contributed by atoms with Crippen LogP contribution in [0.5, 0.6) is 0 Å². The Balaban J connectivity index is 1.08. The van der Waals surface area contributed by atoms with Gasteiger partial charge in [-0.2, -0.15) is 0 Å². The average Bonchev–Trinajstić information content (AvgIpc) is 3.59. The Bertz CT molecular complexity index is 2910. The molecule has 9 aromatic carbocycles. The number of para-hydroxylation sites is 1. The summed E-state index contributed by atoms with van der Waals surface area (Å²) in [6, 6.07) is 73.0. The van der Waals surface area contributed by atoms with Crippen LogP contribution in [0.15, 0.2) is 200 Å². The van der Waals surface area contributed by atoms with Crippen LogP contribution in [0.25, 0.3) is 75.1 Å². The molecule has 0 fully saturated rings. The van der Waals surface area contributed by atoms with Gasteiger partial charge in [0.25, 0.3) is 0 Å². The summed E-state index contributed by atoms with van der Waals surface area (Å²) >= 11 is 1.86. The second-order valence-electron chi connectivity index (χ2n) is 13.4. The van der Waals surface area contributed by atoms with Crippen LogP contribution in [0.1, 0.15) is 0 Å². The first-order chi connectivity index (χ1) is 25.7. The monoisotopic (exact) mass is 679 g/mol. The van der Waals surface area contributed by atoms with Crippen molar-refractivity contribution in [3.05, 3.63) is 200 Å². The van der Waals surface area contributed by atoms with Gasteiger partial charge in [-0.05, 0) is 104 Å². The zero-order valence-corrected chi connectivity index (χ0v) is 29.2. The largest absolute Gasteiger partial charge is 0.310 e. The molecule has 0 atom stereocenters. The zero-order chi connectivity index (χ0) is 34.4. The van der Waals surface area contributed by atoms with E-state index in [0.29, 0.717) is 0 Å². The van der Waals surface area contributed by atoms with Gasteiger partial charge in [0.2, 0.25) is 0 Å². The van der Waals surface area contributed by atoms with Crippen molar-refractivity contribution in [3.63, 3.8) is 0 Å². The molecule has 2 heteroatoms. The SMILES string of the molecule is c1ccc(-c2ccc3ccc(-c4ccc5cc(N(c6ccc7c(c6)sc6ccccc67)c6ccccc6-c6ccccc6)ccc5c4)cc3c2)cc1. The summed E-state index contributed by atoms with van der Waals surface area (Å²) in [5, 5.41) is 7.54. The number of fused-ring (bicyclic) bond motifs is 5. The predicted octanol–water partition coefficient (Wildman–Crippen LogP) is 14.8. The van der Waals surface area contributed by atoms with Crippen LogP contribution < -0.4 is 4.90 Å². The van der Waals surface area contributed by atoms with Crippen molar-refractivity contribution >= 4 is 70.1 Å². The summed E-state index contributed by atoms with van der Waals surface area (Å²) in [5.41, 5.74) is 10.7. The van der Waals surface area contributed by atoms with E-state index in [1.807, 2.05) is 11.3 Å². The Morgan fingerprint density at radius 3 is 1.63 bits per heavy atom. The van der Waals surface area contributed by atoms with E-state index < -0.39 is 0 Å². The van der Waals surface area contributed by atoms with Crippen LogP contribution in [0.4, 0.5) is 17.1 Å². The molecular formula is C50H33NS. The summed E-state index contributed by atoms with van der Waals surface area (Å²) in [5.74, 6) is 0. The van der Waals surface area contributed by atoms with Crippen molar-refractivity contribution in [3.8, 4) is 33.4 Å². The average molecular weight is 680 g/mol. The smallest absolute Gasteiger partial charge is 0.0540 e. The minimum absolute atomic E-state index is 1.13. The first-order valence-electron chi connectivity index (χ1n) is 17.7. The highest BCUT2D eigenvalue weighted by Crippen LogP contribution is 2.44. The first kappa shape index (κ1) is 30.4. The molecule has 0 bridgehead atoms. The van der Waals surface area contributed by atoms with E-state index in [1.54, 1.807) is 0 Å². The molecule has 0 aliphatic carbocycles. The van der Waals surface area contributed by atoms with Gasteiger partial charge in [0.05, 0.1) is 5.69 Å². The van der Waals surface area contributed by atoms with Gasteiger partial charge in [-0.3, -0.25) is 0 Å². The Morgan fingerprint density at radius 2 is 0.846 bits per heavy atom. The Morgan fingerprint density at radius 1 is 0.308 bits per heavy atom. The Labute approximate surface area is 307 Å². The number of rotatable bonds is 6. The number of benzene rings is 9. The highest BCUT2D eigenvalue weighted by atomic mass is 32.1. The molecule has 0 saturated carbocycles. The number of nitrogens with zero attached hydrogens (tertiary/aromatic N) is 1. The first-order valence-corrected chi connectivity index (χ1v) is 18.6. The van der Waals surface area contributed by atoms with Crippen molar-refractivity contribution in [2.75, 3.05) is 4.90 Å². The maximum atomic E-state index is 2.42. The second-order valence-corrected chi connectivity index (χ2v) is 14.5. The summed E-state index contributed by atoms with van der Waals surface area (Å²) in [7, 11) is 0. The molecule has 0 amide bonds. The Kier molecular flexibility index (Phi) is 7.41. The quantitative estimate of drug-likeness (QED) is 0.169. The number of hydrogen-bond acceptors (Lipinski definition) is 2. The third kappa shape index (κ3) is 5.42. The molecule has 1 aromatic heterocycles. The molecule has 0 unspecified atom stereocenters. The third-order valence-corrected chi connectivity index (χ3v) is 11.3. The lowest BCUT2D eigenvalue weighted by Crippen LogP contribution is -2.11. The van der Waals surface area contributed by atoms with E-state index in [1.165, 1.54) is 75.1 Å². The molecule has 0 spiro atoms. The topological polar surface area (TPSA) is 3.24 Å². The van der Waals surface area contributed by atoms with Gasteiger partial charge in [-0.15, -0.1) is 11.3 Å². The highest BCUT2D eigenvalue weighted by molar-refractivity contribution is 7.25. The minimum Gasteiger partial charge on any atom is -0.310 e. The molecule has 0 saturated heterocycles. The number of anilines is 3. The minimum atomic E-state index is 1.13. The predicted molar refractivity (Wildman–Crippen MR) is 225 cm³/mol. The summed E-state index contributed by atoms with van der Waals surface area (Å²) in [6.45, 7) is 0. The molecule has 10 aromatic rings. The van der Waals surface area contributed by atoms with Crippen molar-refractivity contribution in [1.82, 2.24) is 0 Å². The molecule has 0 aliphatic heterocycles. The fraction of sp³-hybridized carbons (Fsp3) is 0. The molecule has 0 radical (unpaired) electrons. The van der Waals surface area contributed by atoms with E-state index in [4.69, 9.17) is 0 Å². The lowest BCUT2D eigenvalue weighted by molar-refractivity contribution is 1.30. The molecule has 52 heavy (non-hydrogen) atoms. The van der Waals surface area contributed by atoms with Crippen molar-refractivity contribution in [2.24, 2.45) is 0 Å². The molecule has 0 aliphatic rings. The van der Waals surface area contributed by atoms with Crippen molar-refractivity contribution in [2.45, 2.75) is 0 Å². The number of thiophene rings is 1. The van der Waals surface area contributed by atoms with E-state index in [9.17, 15) is 0 Å². The van der Waals surface area contributed by atoms with Crippen molar-refractivity contribution in [1.29, 1.82) is 0 Å². The van der Waals surface area contributed by atoms with Gasteiger partial charge in [0.15, 0.2) is 0 Å². The third-order valence-electron chi connectivity index (χ3n) is 10.2. The lowest BCUT2D eigenvalue weighted by Gasteiger charge is -2.28. The molecule has 1 heterocycles. The van der Waals surface area contributed by atoms with Crippen LogP contribution in [0.2, 0.25) is 0 Å². The lowest BCUT2D eigenvalue weighted by atomic mass is 9.96. The van der Waals surface area contributed by atoms with Crippen LogP contribution >= 0.6 is 11.3 Å². The van der Waals surface area contributed by atoms with E-state index in [-0.39, 0.29) is 0 Å². The summed E-state index contributed by atoms with van der Waals surface area (Å²) in [4.78, 5) is 2.42. The van der Waals surface area contributed by atoms with Gasteiger partial charge in [0.1, 0.15) is 0 Å². The van der Waals surface area contributed by atoms with Gasteiger partial charge in [0, 0.05) is 37.1 Å². The highest BCUT2D eigenvalue weighted by Gasteiger charge is 2.19. The summed E-state index contributed by atoms with van der Waals surface area (Å²) in [6.07, 6.45) is 0. The fourth-order valence-corrected chi connectivity index (χ4v) is 8.74. The maximum absolute atomic E-state index is 2.42. The molecular weight excluding hydrogens is 647 g/mol. The van der Waals surface area contributed by atoms with Gasteiger partial charge in [-0.25, -0.2) is 0 Å². The van der Waals surface area contributed by atoms with Gasteiger partial charge in [-0.1, -0.05) is 146 Å². The molecule has 244 valence electrons. The normalized spacial score (nSPS) is 11.5. The molecule has 10 rings (SSSR count). The second kappa shape index (κ2) is 12.7. The van der Waals surface area contributed by atoms with Gasteiger partial charge < -0.3 is 4.90 Å². The molecule has 0 N–H and O–H groups in total. The number of hydrogen-bond donors (Lipinski definition) is 0. The Hall–Kier alpha value is -6.48. The molecule has 1 nitrogen and oxygen atoms in total. The van der Waals surface area contributed by atoms with Crippen LogP contribution in [-0.4, -0.2) is 0 Å². The standard InChI is InChI=1S/C50H33NS/c1-3-11-34(12-4-1)37-21-19-35-20-22-39(31-42(35)30-37)38-23-24-41-32-43(26-25-40(41)29-38)51(48-17-9-7-15-45(48)36-13-5-2-6-14-36)44-27-28-47-46-16-8-10-18-49(46)52-50(47)33-44/h1-33H. The van der Waals surface area contributed by atoms with E-state index in [0.717, 1.165) is 17.1 Å². The summed E-state index contributed by atoms with van der Waals surface area (Å²) < 4.78 is 2.60. The fourth-order valence-electron chi connectivity index (χ4n) is 7.60. The van der Waals surface area contributed by atoms with Crippen molar-refractivity contribution < 1.29 is 0 Å². The zero-order valence-electron chi connectivity index (χ0n) is 28.4. The van der Waals surface area contributed by atoms with Gasteiger partial charge >= 0.3 is 0 Å². The van der Waals surface area contributed by atoms with Crippen LogP contribution in [0, 0.1) is 0 Å². The van der Waals surface area contributed by atoms with Crippen LogP contribution in [0.3, 0.4) is 0 Å².